The van der Waals surface area contributed by atoms with Crippen molar-refractivity contribution in [2.24, 2.45) is 0 Å². The zero-order chi connectivity index (χ0) is 17.1. The van der Waals surface area contributed by atoms with Crippen LogP contribution in [-0.4, -0.2) is 32.5 Å². The van der Waals surface area contributed by atoms with Crippen molar-refractivity contribution in [3.05, 3.63) is 59.9 Å². The number of hydrogen-bond donors (Lipinski definition) is 1. The molecule has 24 heavy (non-hydrogen) atoms. The van der Waals surface area contributed by atoms with E-state index in [-0.39, 0.29) is 17.6 Å². The summed E-state index contributed by atoms with van der Waals surface area (Å²) in [6, 6.07) is 9.20. The van der Waals surface area contributed by atoms with Crippen molar-refractivity contribution in [1.29, 1.82) is 0 Å². The van der Waals surface area contributed by atoms with E-state index in [9.17, 15) is 4.79 Å². The third-order valence-corrected chi connectivity index (χ3v) is 3.70. The Balaban J connectivity index is 1.76. The maximum Gasteiger partial charge on any atom is 0.316 e. The molecule has 0 radical (unpaired) electrons. The first-order chi connectivity index (χ1) is 11.6. The lowest BCUT2D eigenvalue weighted by atomic mass is 10.2. The summed E-state index contributed by atoms with van der Waals surface area (Å²) in [5.41, 5.74) is 3.97. The normalized spacial score (nSPS) is 10.5. The number of imidazole rings is 1. The largest absolute Gasteiger partial charge is 0.467 e. The van der Waals surface area contributed by atoms with Gasteiger partial charge in [-0.3, -0.25) is 4.79 Å². The van der Waals surface area contributed by atoms with Crippen molar-refractivity contribution in [3.63, 3.8) is 0 Å². The van der Waals surface area contributed by atoms with E-state index in [2.05, 4.69) is 20.3 Å². The van der Waals surface area contributed by atoms with E-state index in [1.54, 1.807) is 6.33 Å². The van der Waals surface area contributed by atoms with Crippen LogP contribution in [0.5, 0.6) is 6.01 Å². The maximum absolute atomic E-state index is 12.2. The molecule has 0 atom stereocenters. The van der Waals surface area contributed by atoms with E-state index in [1.165, 1.54) is 19.4 Å². The lowest BCUT2D eigenvalue weighted by Crippen LogP contribution is -2.14. The molecule has 0 unspecified atom stereocenters. The summed E-state index contributed by atoms with van der Waals surface area (Å²) in [6.45, 7) is 3.98. The molecule has 1 amide bonds. The number of aryl methyl sites for hydroxylation is 1. The Hall–Kier alpha value is -3.22. The number of hydrogen-bond acceptors (Lipinski definition) is 5. The average Bonchev–Trinajstić information content (AvgIpc) is 2.95. The second-order valence-electron chi connectivity index (χ2n) is 5.21. The fourth-order valence-corrected chi connectivity index (χ4v) is 2.23. The minimum absolute atomic E-state index is 0.156. The Morgan fingerprint density at radius 3 is 2.50 bits per heavy atom. The van der Waals surface area contributed by atoms with E-state index in [4.69, 9.17) is 4.74 Å². The van der Waals surface area contributed by atoms with Crippen molar-refractivity contribution in [2.75, 3.05) is 12.4 Å². The Morgan fingerprint density at radius 1 is 1.12 bits per heavy atom. The monoisotopic (exact) mass is 323 g/mol. The van der Waals surface area contributed by atoms with Gasteiger partial charge >= 0.3 is 6.01 Å². The molecule has 0 bridgehead atoms. The smallest absolute Gasteiger partial charge is 0.316 e. The SMILES string of the molecule is COc1nccc(C(=O)Nc2ccc(-n3cnc(C)c3C)cc2)n1. The van der Waals surface area contributed by atoms with Crippen molar-refractivity contribution in [3.8, 4) is 11.7 Å². The Morgan fingerprint density at radius 2 is 1.88 bits per heavy atom. The zero-order valence-electron chi connectivity index (χ0n) is 13.6. The molecule has 0 saturated carbocycles. The zero-order valence-corrected chi connectivity index (χ0v) is 13.6. The molecule has 122 valence electrons. The van der Waals surface area contributed by atoms with Crippen LogP contribution in [-0.2, 0) is 0 Å². The number of ether oxygens (including phenoxy) is 1. The highest BCUT2D eigenvalue weighted by Crippen LogP contribution is 2.17. The van der Waals surface area contributed by atoms with Gasteiger partial charge in [-0.05, 0) is 44.2 Å². The van der Waals surface area contributed by atoms with Crippen LogP contribution in [0.25, 0.3) is 5.69 Å². The Kier molecular flexibility index (Phi) is 4.24. The molecule has 0 fully saturated rings. The topological polar surface area (TPSA) is 81.9 Å². The predicted molar refractivity (Wildman–Crippen MR) is 89.6 cm³/mol. The predicted octanol–water partition coefficient (Wildman–Crippen LogP) is 2.54. The molecular weight excluding hydrogens is 306 g/mol. The lowest BCUT2D eigenvalue weighted by Gasteiger charge is -2.08. The molecule has 0 saturated heterocycles. The van der Waals surface area contributed by atoms with Gasteiger partial charge in [0, 0.05) is 23.3 Å². The number of amides is 1. The van der Waals surface area contributed by atoms with E-state index in [1.807, 2.05) is 42.7 Å². The van der Waals surface area contributed by atoms with Crippen LogP contribution >= 0.6 is 0 Å². The van der Waals surface area contributed by atoms with Gasteiger partial charge in [-0.2, -0.15) is 4.98 Å². The molecule has 7 heteroatoms. The minimum atomic E-state index is -0.321. The van der Waals surface area contributed by atoms with Crippen molar-refractivity contribution >= 4 is 11.6 Å². The number of aromatic nitrogens is 4. The quantitative estimate of drug-likeness (QED) is 0.798. The number of anilines is 1. The molecule has 2 heterocycles. The van der Waals surface area contributed by atoms with E-state index >= 15 is 0 Å². The molecule has 0 spiro atoms. The van der Waals surface area contributed by atoms with Crippen molar-refractivity contribution in [2.45, 2.75) is 13.8 Å². The molecular formula is C17H17N5O2. The summed E-state index contributed by atoms with van der Waals surface area (Å²) in [4.78, 5) is 24.4. The summed E-state index contributed by atoms with van der Waals surface area (Å²) < 4.78 is 6.92. The van der Waals surface area contributed by atoms with Crippen LogP contribution in [0.4, 0.5) is 5.69 Å². The molecule has 3 rings (SSSR count). The minimum Gasteiger partial charge on any atom is -0.467 e. The van der Waals surface area contributed by atoms with Crippen molar-refractivity contribution < 1.29 is 9.53 Å². The molecule has 0 aliphatic carbocycles. The van der Waals surface area contributed by atoms with Gasteiger partial charge in [0.1, 0.15) is 5.69 Å². The van der Waals surface area contributed by atoms with Gasteiger partial charge in [-0.1, -0.05) is 0 Å². The first-order valence-electron chi connectivity index (χ1n) is 7.38. The molecule has 7 nitrogen and oxygen atoms in total. The summed E-state index contributed by atoms with van der Waals surface area (Å²) in [5.74, 6) is -0.321. The maximum atomic E-state index is 12.2. The van der Waals surface area contributed by atoms with Gasteiger partial charge < -0.3 is 14.6 Å². The highest BCUT2D eigenvalue weighted by Gasteiger charge is 2.10. The highest BCUT2D eigenvalue weighted by atomic mass is 16.5. The van der Waals surface area contributed by atoms with E-state index in [0.29, 0.717) is 5.69 Å². The fourth-order valence-electron chi connectivity index (χ4n) is 2.23. The Labute approximate surface area is 139 Å². The van der Waals surface area contributed by atoms with Crippen LogP contribution in [0, 0.1) is 13.8 Å². The number of methoxy groups -OCH3 is 1. The van der Waals surface area contributed by atoms with E-state index < -0.39 is 0 Å². The van der Waals surface area contributed by atoms with Crippen LogP contribution in [0.15, 0.2) is 42.9 Å². The first-order valence-corrected chi connectivity index (χ1v) is 7.38. The van der Waals surface area contributed by atoms with Crippen LogP contribution in [0.1, 0.15) is 21.9 Å². The number of benzene rings is 1. The van der Waals surface area contributed by atoms with Gasteiger partial charge in [-0.25, -0.2) is 9.97 Å². The highest BCUT2D eigenvalue weighted by molar-refractivity contribution is 6.02. The third-order valence-electron chi connectivity index (χ3n) is 3.70. The molecule has 0 aliphatic heterocycles. The summed E-state index contributed by atoms with van der Waals surface area (Å²) in [6.07, 6.45) is 3.26. The number of carbonyl (C=O) groups excluding carboxylic acids is 1. The fraction of sp³-hybridized carbons (Fsp3) is 0.176. The lowest BCUT2D eigenvalue weighted by molar-refractivity contribution is 0.102. The second kappa shape index (κ2) is 6.49. The molecule has 3 aromatic rings. The third kappa shape index (κ3) is 3.10. The average molecular weight is 323 g/mol. The van der Waals surface area contributed by atoms with Crippen LogP contribution < -0.4 is 10.1 Å². The summed E-state index contributed by atoms with van der Waals surface area (Å²) in [5, 5.41) is 2.80. The number of nitrogens with zero attached hydrogens (tertiary/aromatic N) is 4. The van der Waals surface area contributed by atoms with Gasteiger partial charge in [0.25, 0.3) is 5.91 Å². The molecule has 0 aliphatic rings. The first kappa shape index (κ1) is 15.7. The van der Waals surface area contributed by atoms with Gasteiger partial charge in [-0.15, -0.1) is 0 Å². The number of nitrogens with one attached hydrogen (secondary N) is 1. The van der Waals surface area contributed by atoms with Gasteiger partial charge in [0.15, 0.2) is 0 Å². The molecule has 1 N–H and O–H groups in total. The standard InChI is InChI=1S/C17H17N5O2/c1-11-12(2)22(10-19-11)14-6-4-13(5-7-14)20-16(23)15-8-9-18-17(21-15)24-3/h4-10H,1-3H3,(H,20,23). The summed E-state index contributed by atoms with van der Waals surface area (Å²) in [7, 11) is 1.45. The van der Waals surface area contributed by atoms with Crippen LogP contribution in [0.2, 0.25) is 0 Å². The molecule has 2 aromatic heterocycles. The van der Waals surface area contributed by atoms with Crippen LogP contribution in [0.3, 0.4) is 0 Å². The number of carbonyl (C=O) groups is 1. The van der Waals surface area contributed by atoms with E-state index in [0.717, 1.165) is 17.1 Å². The number of rotatable bonds is 4. The van der Waals surface area contributed by atoms with Gasteiger partial charge in [0.05, 0.1) is 19.1 Å². The van der Waals surface area contributed by atoms with Crippen molar-refractivity contribution in [1.82, 2.24) is 19.5 Å². The summed E-state index contributed by atoms with van der Waals surface area (Å²) >= 11 is 0. The Bertz CT molecular complexity index is 871. The van der Waals surface area contributed by atoms with Gasteiger partial charge in [0.2, 0.25) is 0 Å². The second-order valence-corrected chi connectivity index (χ2v) is 5.21. The molecule has 1 aromatic carbocycles.